The molecule has 0 aliphatic rings. The molecule has 0 saturated heterocycles. The van der Waals surface area contributed by atoms with Gasteiger partial charge in [-0.05, 0) is 34.4 Å². The zero-order chi connectivity index (χ0) is 15.2. The van der Waals surface area contributed by atoms with Crippen LogP contribution >= 0.6 is 0 Å². The summed E-state index contributed by atoms with van der Waals surface area (Å²) in [6.07, 6.45) is 0. The summed E-state index contributed by atoms with van der Waals surface area (Å²) < 4.78 is 5.17. The van der Waals surface area contributed by atoms with Gasteiger partial charge in [-0.2, -0.15) is 0 Å². The quantitative estimate of drug-likeness (QED) is 0.912. The average Bonchev–Trinajstić information content (AvgIpc) is 2.52. The zero-order valence-electron chi connectivity index (χ0n) is 12.3. The molecule has 21 heavy (non-hydrogen) atoms. The van der Waals surface area contributed by atoms with Crippen molar-refractivity contribution in [1.29, 1.82) is 0 Å². The third-order valence-electron chi connectivity index (χ3n) is 3.31. The van der Waals surface area contributed by atoms with Crippen molar-refractivity contribution in [3.63, 3.8) is 0 Å². The molecule has 3 nitrogen and oxygen atoms in total. The summed E-state index contributed by atoms with van der Waals surface area (Å²) in [7, 11) is 1.65. The van der Waals surface area contributed by atoms with Gasteiger partial charge in [0, 0.05) is 13.5 Å². The van der Waals surface area contributed by atoms with Crippen molar-refractivity contribution in [2.24, 2.45) is 0 Å². The van der Waals surface area contributed by atoms with E-state index in [4.69, 9.17) is 4.74 Å². The molecule has 0 radical (unpaired) electrons. The van der Waals surface area contributed by atoms with Crippen LogP contribution < -0.4 is 10.1 Å². The number of methoxy groups -OCH3 is 1. The van der Waals surface area contributed by atoms with E-state index in [9.17, 15) is 4.79 Å². The summed E-state index contributed by atoms with van der Waals surface area (Å²) in [6.45, 7) is 6.20. The molecule has 0 atom stereocenters. The molecule has 2 aromatic rings. The maximum absolute atomic E-state index is 11.1. The van der Waals surface area contributed by atoms with Crippen LogP contribution in [0.3, 0.4) is 0 Å². The minimum absolute atomic E-state index is 0.0418. The number of benzene rings is 2. The fraction of sp³-hybridized carbons (Fsp3) is 0.167. The second-order valence-corrected chi connectivity index (χ2v) is 4.77. The Kier molecular flexibility index (Phi) is 4.77. The van der Waals surface area contributed by atoms with Gasteiger partial charge in [-0.3, -0.25) is 4.79 Å². The number of nitrogens with one attached hydrogen (secondary N) is 1. The van der Waals surface area contributed by atoms with Crippen LogP contribution in [0.15, 0.2) is 55.1 Å². The Hall–Kier alpha value is -2.55. The second kappa shape index (κ2) is 6.75. The summed E-state index contributed by atoms with van der Waals surface area (Å²) in [5.41, 5.74) is 4.05. The lowest BCUT2D eigenvalue weighted by atomic mass is 9.95. The van der Waals surface area contributed by atoms with Crippen LogP contribution in [0.4, 0.5) is 0 Å². The molecular formula is C18H19NO2. The van der Waals surface area contributed by atoms with E-state index in [1.165, 1.54) is 6.92 Å². The lowest BCUT2D eigenvalue weighted by Gasteiger charge is -2.13. The van der Waals surface area contributed by atoms with Crippen molar-refractivity contribution in [2.75, 3.05) is 7.11 Å². The molecule has 0 fully saturated rings. The van der Waals surface area contributed by atoms with Crippen LogP contribution in [0.1, 0.15) is 23.6 Å². The van der Waals surface area contributed by atoms with Crippen molar-refractivity contribution in [1.82, 2.24) is 5.32 Å². The predicted molar refractivity (Wildman–Crippen MR) is 85.1 cm³/mol. The Bertz CT molecular complexity index is 645. The van der Waals surface area contributed by atoms with Gasteiger partial charge < -0.3 is 10.1 Å². The highest BCUT2D eigenvalue weighted by Gasteiger charge is 2.08. The van der Waals surface area contributed by atoms with Crippen LogP contribution in [0.5, 0.6) is 5.75 Å². The van der Waals surface area contributed by atoms with Crippen LogP contribution in [0.25, 0.3) is 5.57 Å². The maximum atomic E-state index is 11.1. The van der Waals surface area contributed by atoms with E-state index in [0.717, 1.165) is 28.0 Å². The smallest absolute Gasteiger partial charge is 0.217 e. The van der Waals surface area contributed by atoms with E-state index in [0.29, 0.717) is 6.54 Å². The summed E-state index contributed by atoms with van der Waals surface area (Å²) in [4.78, 5) is 11.1. The Morgan fingerprint density at radius 2 is 1.81 bits per heavy atom. The number of hydrogen-bond donors (Lipinski definition) is 1. The van der Waals surface area contributed by atoms with Gasteiger partial charge >= 0.3 is 0 Å². The molecule has 1 amide bonds. The molecule has 0 spiro atoms. The SMILES string of the molecule is C=C(c1ccc(OC)cc1)c1ccccc1CNC(C)=O. The number of carbonyl (C=O) groups excluding carboxylic acids is 1. The Morgan fingerprint density at radius 3 is 2.43 bits per heavy atom. The molecule has 0 aliphatic heterocycles. The fourth-order valence-corrected chi connectivity index (χ4v) is 2.14. The summed E-state index contributed by atoms with van der Waals surface area (Å²) in [5, 5.41) is 2.83. The monoisotopic (exact) mass is 281 g/mol. The van der Waals surface area contributed by atoms with Crippen molar-refractivity contribution in [3.05, 3.63) is 71.8 Å². The van der Waals surface area contributed by atoms with E-state index in [1.54, 1.807) is 7.11 Å². The largest absolute Gasteiger partial charge is 0.497 e. The number of rotatable bonds is 5. The number of ether oxygens (including phenoxy) is 1. The Labute approximate surface area is 125 Å². The van der Waals surface area contributed by atoms with Crippen molar-refractivity contribution < 1.29 is 9.53 Å². The summed E-state index contributed by atoms with van der Waals surface area (Å²) >= 11 is 0. The lowest BCUT2D eigenvalue weighted by Crippen LogP contribution is -2.19. The average molecular weight is 281 g/mol. The topological polar surface area (TPSA) is 38.3 Å². The van der Waals surface area contributed by atoms with Crippen LogP contribution in [0, 0.1) is 0 Å². The molecule has 3 heteroatoms. The third-order valence-corrected chi connectivity index (χ3v) is 3.31. The van der Waals surface area contributed by atoms with Crippen LogP contribution in [0.2, 0.25) is 0 Å². The van der Waals surface area contributed by atoms with Crippen LogP contribution in [-0.4, -0.2) is 13.0 Å². The van der Waals surface area contributed by atoms with Gasteiger partial charge in [0.25, 0.3) is 0 Å². The maximum Gasteiger partial charge on any atom is 0.217 e. The second-order valence-electron chi connectivity index (χ2n) is 4.77. The number of carbonyl (C=O) groups is 1. The molecule has 0 aromatic heterocycles. The Balaban J connectivity index is 2.27. The molecule has 2 aromatic carbocycles. The van der Waals surface area contributed by atoms with Crippen LogP contribution in [-0.2, 0) is 11.3 Å². The fourth-order valence-electron chi connectivity index (χ4n) is 2.14. The van der Waals surface area contributed by atoms with Gasteiger partial charge in [0.1, 0.15) is 5.75 Å². The van der Waals surface area contributed by atoms with E-state index in [2.05, 4.69) is 11.9 Å². The molecule has 1 N–H and O–H groups in total. The van der Waals surface area contributed by atoms with Crippen molar-refractivity contribution >= 4 is 11.5 Å². The van der Waals surface area contributed by atoms with E-state index in [-0.39, 0.29) is 5.91 Å². The molecule has 0 unspecified atom stereocenters. The Morgan fingerprint density at radius 1 is 1.14 bits per heavy atom. The first-order valence-electron chi connectivity index (χ1n) is 6.78. The first-order valence-corrected chi connectivity index (χ1v) is 6.78. The van der Waals surface area contributed by atoms with E-state index >= 15 is 0 Å². The molecule has 0 bridgehead atoms. The zero-order valence-corrected chi connectivity index (χ0v) is 12.3. The molecule has 0 aliphatic carbocycles. The number of amides is 1. The third kappa shape index (κ3) is 3.72. The highest BCUT2D eigenvalue weighted by Crippen LogP contribution is 2.26. The molecule has 0 saturated carbocycles. The highest BCUT2D eigenvalue weighted by atomic mass is 16.5. The van der Waals surface area contributed by atoms with Gasteiger partial charge in [-0.1, -0.05) is 43.0 Å². The minimum atomic E-state index is -0.0418. The molecule has 0 heterocycles. The van der Waals surface area contributed by atoms with Crippen molar-refractivity contribution in [2.45, 2.75) is 13.5 Å². The van der Waals surface area contributed by atoms with Gasteiger partial charge in [0.15, 0.2) is 0 Å². The first-order chi connectivity index (χ1) is 10.1. The number of hydrogen-bond acceptors (Lipinski definition) is 2. The lowest BCUT2D eigenvalue weighted by molar-refractivity contribution is -0.119. The summed E-state index contributed by atoms with van der Waals surface area (Å²) in [6, 6.07) is 15.7. The van der Waals surface area contributed by atoms with E-state index < -0.39 is 0 Å². The first kappa shape index (κ1) is 14.9. The standard InChI is InChI=1S/C18H19NO2/c1-13(15-8-10-17(21-3)11-9-15)18-7-5-4-6-16(18)12-19-14(2)20/h4-11H,1,12H2,2-3H3,(H,19,20). The van der Waals surface area contributed by atoms with Gasteiger partial charge in [0.05, 0.1) is 7.11 Å². The van der Waals surface area contributed by atoms with Crippen molar-refractivity contribution in [3.8, 4) is 5.75 Å². The predicted octanol–water partition coefficient (Wildman–Crippen LogP) is 3.39. The van der Waals surface area contributed by atoms with Gasteiger partial charge in [-0.15, -0.1) is 0 Å². The highest BCUT2D eigenvalue weighted by molar-refractivity contribution is 5.80. The molecular weight excluding hydrogens is 262 g/mol. The van der Waals surface area contributed by atoms with E-state index in [1.807, 2.05) is 48.5 Å². The molecule has 108 valence electrons. The van der Waals surface area contributed by atoms with Gasteiger partial charge in [0.2, 0.25) is 5.91 Å². The van der Waals surface area contributed by atoms with Gasteiger partial charge in [-0.25, -0.2) is 0 Å². The molecule has 2 rings (SSSR count). The minimum Gasteiger partial charge on any atom is -0.497 e. The normalized spacial score (nSPS) is 10.0. The summed E-state index contributed by atoms with van der Waals surface area (Å²) in [5.74, 6) is 0.776.